The fourth-order valence-electron chi connectivity index (χ4n) is 1.88. The molecular formula is C14H24INO3. The number of alkyl halides is 1. The second-order valence-electron chi connectivity index (χ2n) is 6.11. The fourth-order valence-corrected chi connectivity index (χ4v) is 2.09. The number of halogens is 1. The first-order valence-corrected chi connectivity index (χ1v) is 7.90. The topological polar surface area (TPSA) is 49.8 Å². The second-order valence-corrected chi connectivity index (χ2v) is 8.07. The van der Waals surface area contributed by atoms with E-state index in [2.05, 4.69) is 29.5 Å². The third-order valence-electron chi connectivity index (χ3n) is 2.95. The molecule has 110 valence electrons. The van der Waals surface area contributed by atoms with Crippen molar-refractivity contribution < 1.29 is 14.6 Å². The van der Waals surface area contributed by atoms with Crippen LogP contribution in [-0.4, -0.2) is 44.3 Å². The highest BCUT2D eigenvalue weighted by atomic mass is 127. The number of nitrogens with zero attached hydrogens (tertiary/aromatic N) is 1. The van der Waals surface area contributed by atoms with Gasteiger partial charge in [-0.1, -0.05) is 34.7 Å². The van der Waals surface area contributed by atoms with Gasteiger partial charge in [-0.05, 0) is 40.5 Å². The number of allylic oxidation sites excluding steroid dienone is 1. The largest absolute Gasteiger partial charge is 0.444 e. The zero-order valence-electron chi connectivity index (χ0n) is 12.1. The van der Waals surface area contributed by atoms with Gasteiger partial charge in [0.1, 0.15) is 5.60 Å². The first-order valence-electron chi connectivity index (χ1n) is 6.65. The third-order valence-corrected chi connectivity index (χ3v) is 3.37. The molecule has 1 heterocycles. The molecule has 1 saturated heterocycles. The second kappa shape index (κ2) is 6.43. The van der Waals surface area contributed by atoms with Crippen molar-refractivity contribution in [1.29, 1.82) is 0 Å². The van der Waals surface area contributed by atoms with E-state index in [1.54, 1.807) is 4.90 Å². The summed E-state index contributed by atoms with van der Waals surface area (Å²) >= 11 is 2.29. The quantitative estimate of drug-likeness (QED) is 0.454. The molecule has 0 aromatic heterocycles. The first kappa shape index (κ1) is 16.8. The van der Waals surface area contributed by atoms with E-state index in [9.17, 15) is 9.90 Å². The van der Waals surface area contributed by atoms with E-state index < -0.39 is 11.2 Å². The number of hydrogen-bond donors (Lipinski definition) is 1. The van der Waals surface area contributed by atoms with E-state index in [-0.39, 0.29) is 6.09 Å². The Kier molecular flexibility index (Phi) is 5.67. The van der Waals surface area contributed by atoms with Gasteiger partial charge in [0.15, 0.2) is 0 Å². The fraction of sp³-hybridized carbons (Fsp3) is 0.786. The lowest BCUT2D eigenvalue weighted by Gasteiger charge is -2.37. The maximum Gasteiger partial charge on any atom is 0.410 e. The number of carbonyl (C=O) groups is 1. The number of amides is 1. The van der Waals surface area contributed by atoms with Gasteiger partial charge >= 0.3 is 6.09 Å². The Hall–Kier alpha value is -0.300. The highest BCUT2D eigenvalue weighted by molar-refractivity contribution is 14.1. The van der Waals surface area contributed by atoms with Gasteiger partial charge < -0.3 is 14.7 Å². The lowest BCUT2D eigenvalue weighted by molar-refractivity contribution is -0.00862. The molecule has 1 atom stereocenters. The molecule has 0 spiro atoms. The van der Waals surface area contributed by atoms with Crippen LogP contribution >= 0.6 is 22.6 Å². The van der Waals surface area contributed by atoms with Gasteiger partial charge in [0.05, 0.1) is 5.60 Å². The van der Waals surface area contributed by atoms with Crippen LogP contribution in [-0.2, 0) is 4.74 Å². The molecule has 0 saturated carbocycles. The van der Waals surface area contributed by atoms with E-state index in [4.69, 9.17) is 4.74 Å². The van der Waals surface area contributed by atoms with Crippen molar-refractivity contribution in [3.8, 4) is 0 Å². The predicted octanol–water partition coefficient (Wildman–Crippen LogP) is 3.13. The standard InChI is InChI=1S/C14H24INO3/c1-11(15)5-6-14(18)7-9-16(10-8-14)12(17)19-13(2,3)4/h5-6,11,18H,7-10H2,1-4H3/b6-5+. The predicted molar refractivity (Wildman–Crippen MR) is 84.6 cm³/mol. The summed E-state index contributed by atoms with van der Waals surface area (Å²) in [6.45, 7) is 8.70. The van der Waals surface area contributed by atoms with E-state index >= 15 is 0 Å². The van der Waals surface area contributed by atoms with E-state index in [1.807, 2.05) is 32.9 Å². The van der Waals surface area contributed by atoms with Crippen LogP contribution in [0.25, 0.3) is 0 Å². The number of hydrogen-bond acceptors (Lipinski definition) is 3. The van der Waals surface area contributed by atoms with Gasteiger partial charge in [-0.3, -0.25) is 0 Å². The molecule has 0 radical (unpaired) electrons. The van der Waals surface area contributed by atoms with Crippen molar-refractivity contribution in [2.75, 3.05) is 13.1 Å². The summed E-state index contributed by atoms with van der Waals surface area (Å²) in [4.78, 5) is 13.6. The summed E-state index contributed by atoms with van der Waals surface area (Å²) in [6.07, 6.45) is 4.71. The molecule has 4 nitrogen and oxygen atoms in total. The molecule has 1 amide bonds. The molecule has 1 fully saturated rings. The Balaban J connectivity index is 2.51. The smallest absolute Gasteiger partial charge is 0.410 e. The first-order chi connectivity index (χ1) is 8.61. The average molecular weight is 381 g/mol. The number of ether oxygens (including phenoxy) is 1. The lowest BCUT2D eigenvalue weighted by atomic mass is 9.91. The van der Waals surface area contributed by atoms with Crippen molar-refractivity contribution in [3.63, 3.8) is 0 Å². The highest BCUT2D eigenvalue weighted by Gasteiger charge is 2.33. The lowest BCUT2D eigenvalue weighted by Crippen LogP contribution is -2.47. The zero-order valence-corrected chi connectivity index (χ0v) is 14.3. The van der Waals surface area contributed by atoms with Crippen LogP contribution in [0.5, 0.6) is 0 Å². The maximum absolute atomic E-state index is 11.9. The minimum Gasteiger partial charge on any atom is -0.444 e. The molecule has 1 unspecified atom stereocenters. The van der Waals surface area contributed by atoms with Crippen molar-refractivity contribution in [1.82, 2.24) is 4.90 Å². The Morgan fingerprint density at radius 1 is 1.42 bits per heavy atom. The number of aliphatic hydroxyl groups is 1. The van der Waals surface area contributed by atoms with Crippen LogP contribution in [0, 0.1) is 0 Å². The Labute approximate surface area is 129 Å². The summed E-state index contributed by atoms with van der Waals surface area (Å²) in [7, 11) is 0. The van der Waals surface area contributed by atoms with Crippen LogP contribution in [0.15, 0.2) is 12.2 Å². The third kappa shape index (κ3) is 6.12. The van der Waals surface area contributed by atoms with Crippen LogP contribution in [0.1, 0.15) is 40.5 Å². The Morgan fingerprint density at radius 2 is 1.95 bits per heavy atom. The van der Waals surface area contributed by atoms with Crippen molar-refractivity contribution >= 4 is 28.7 Å². The Bertz CT molecular complexity index is 339. The van der Waals surface area contributed by atoms with Crippen LogP contribution in [0.2, 0.25) is 0 Å². The molecule has 19 heavy (non-hydrogen) atoms. The Morgan fingerprint density at radius 3 is 2.37 bits per heavy atom. The SMILES string of the molecule is CC(I)/C=C/C1(O)CCN(C(=O)OC(C)(C)C)CC1. The monoisotopic (exact) mass is 381 g/mol. The summed E-state index contributed by atoms with van der Waals surface area (Å²) in [6, 6.07) is 0. The summed E-state index contributed by atoms with van der Waals surface area (Å²) in [5.74, 6) is 0. The average Bonchev–Trinajstić information content (AvgIpc) is 2.25. The molecule has 0 bridgehead atoms. The van der Waals surface area contributed by atoms with E-state index in [0.29, 0.717) is 29.9 Å². The van der Waals surface area contributed by atoms with Gasteiger partial charge in [0.2, 0.25) is 0 Å². The van der Waals surface area contributed by atoms with Gasteiger partial charge in [-0.2, -0.15) is 0 Å². The molecule has 1 aliphatic heterocycles. The summed E-state index contributed by atoms with van der Waals surface area (Å²) in [5, 5.41) is 10.4. The zero-order chi connectivity index (χ0) is 14.7. The highest BCUT2D eigenvalue weighted by Crippen LogP contribution is 2.25. The number of piperidine rings is 1. The number of carbonyl (C=O) groups excluding carboxylic acids is 1. The summed E-state index contributed by atoms with van der Waals surface area (Å²) < 4.78 is 5.72. The van der Waals surface area contributed by atoms with Gasteiger partial charge in [-0.15, -0.1) is 0 Å². The van der Waals surface area contributed by atoms with Crippen LogP contribution in [0.4, 0.5) is 4.79 Å². The van der Waals surface area contributed by atoms with Gasteiger partial charge in [0, 0.05) is 17.0 Å². The van der Waals surface area contributed by atoms with E-state index in [1.165, 1.54) is 0 Å². The minimum atomic E-state index is -0.780. The number of rotatable bonds is 2. The minimum absolute atomic E-state index is 0.291. The molecule has 0 aliphatic carbocycles. The maximum atomic E-state index is 11.9. The molecule has 1 N–H and O–H groups in total. The van der Waals surface area contributed by atoms with Crippen LogP contribution in [0.3, 0.4) is 0 Å². The molecule has 1 rings (SSSR count). The van der Waals surface area contributed by atoms with Crippen molar-refractivity contribution in [2.45, 2.75) is 55.7 Å². The summed E-state index contributed by atoms with van der Waals surface area (Å²) in [5.41, 5.74) is -1.25. The van der Waals surface area contributed by atoms with Crippen LogP contribution < -0.4 is 0 Å². The molecular weight excluding hydrogens is 357 g/mol. The number of likely N-dealkylation sites (tertiary alicyclic amines) is 1. The molecule has 1 aliphatic rings. The van der Waals surface area contributed by atoms with Crippen molar-refractivity contribution in [2.24, 2.45) is 0 Å². The van der Waals surface area contributed by atoms with Gasteiger partial charge in [0.25, 0.3) is 0 Å². The van der Waals surface area contributed by atoms with Crippen molar-refractivity contribution in [3.05, 3.63) is 12.2 Å². The normalized spacial score (nSPS) is 21.5. The molecule has 0 aromatic carbocycles. The van der Waals surface area contributed by atoms with Gasteiger partial charge in [-0.25, -0.2) is 4.79 Å². The van der Waals surface area contributed by atoms with E-state index in [0.717, 1.165) is 0 Å². The molecule has 0 aromatic rings. The molecule has 5 heteroatoms.